The highest BCUT2D eigenvalue weighted by molar-refractivity contribution is 9.11. The molecule has 4 atom stereocenters. The number of nitrogens with one attached hydrogen (secondary N) is 1. The van der Waals surface area contributed by atoms with Gasteiger partial charge >= 0.3 is 11.7 Å². The second kappa shape index (κ2) is 12.9. The molecule has 0 aromatic carbocycles. The van der Waals surface area contributed by atoms with Gasteiger partial charge in [0.15, 0.2) is 12.3 Å². The van der Waals surface area contributed by atoms with E-state index in [1.54, 1.807) is 0 Å². The Hall–Kier alpha value is -1.75. The van der Waals surface area contributed by atoms with E-state index in [-0.39, 0.29) is 12.0 Å². The van der Waals surface area contributed by atoms with Gasteiger partial charge in [0.25, 0.3) is 5.56 Å². The molecule has 3 N–H and O–H groups in total. The van der Waals surface area contributed by atoms with Gasteiger partial charge in [-0.15, -0.1) is 0 Å². The van der Waals surface area contributed by atoms with E-state index >= 15 is 0 Å². The lowest BCUT2D eigenvalue weighted by Crippen LogP contribution is -2.41. The van der Waals surface area contributed by atoms with E-state index in [4.69, 9.17) is 9.47 Å². The molecule has 1 aromatic heterocycles. The minimum atomic E-state index is -1.32. The minimum absolute atomic E-state index is 0.162. The van der Waals surface area contributed by atoms with Crippen LogP contribution in [0.25, 0.3) is 6.08 Å². The van der Waals surface area contributed by atoms with Crippen LogP contribution in [-0.2, 0) is 14.3 Å². The van der Waals surface area contributed by atoms with Crippen LogP contribution >= 0.6 is 15.9 Å². The smallest absolute Gasteiger partial charge is 0.330 e. The molecule has 1 aromatic rings. The van der Waals surface area contributed by atoms with Gasteiger partial charge in [0.1, 0.15) is 12.2 Å². The van der Waals surface area contributed by atoms with Crippen LogP contribution in [0.2, 0.25) is 0 Å². The first-order valence-corrected chi connectivity index (χ1v) is 11.6. The molecule has 4 unspecified atom stereocenters. The van der Waals surface area contributed by atoms with Gasteiger partial charge < -0.3 is 19.7 Å². The van der Waals surface area contributed by atoms with Crippen LogP contribution in [0.4, 0.5) is 0 Å². The molecule has 0 saturated carbocycles. The molecule has 0 bridgehead atoms. The number of unbranched alkanes of at least 4 members (excludes halogenated alkanes) is 6. The van der Waals surface area contributed by atoms with Crippen LogP contribution in [0.1, 0.15) is 70.1 Å². The Bertz CT molecular complexity index is 851. The normalized spacial score (nSPS) is 23.5. The third kappa shape index (κ3) is 7.13. The maximum absolute atomic E-state index is 12.3. The van der Waals surface area contributed by atoms with Gasteiger partial charge in [-0.3, -0.25) is 19.1 Å². The summed E-state index contributed by atoms with van der Waals surface area (Å²) in [5.41, 5.74) is -1.21. The lowest BCUT2D eigenvalue weighted by atomic mass is 10.1. The standard InChI is InChI=1S/C21H31BrN2O7/c1-2-3-4-5-6-7-8-9-16(26)31-18-17(27)15(13-25)30-20(18)24-12-14(10-11-22)19(28)23-21(24)29/h10-12,15,17-18,20,25,27H,2-9,13H2,1H3,(H,23,28,29)/b11-10+. The third-order valence-electron chi connectivity index (χ3n) is 5.26. The first-order valence-electron chi connectivity index (χ1n) is 10.7. The van der Waals surface area contributed by atoms with Crippen molar-refractivity contribution >= 4 is 28.0 Å². The molecule has 10 heteroatoms. The van der Waals surface area contributed by atoms with Gasteiger partial charge in [-0.2, -0.15) is 0 Å². The summed E-state index contributed by atoms with van der Waals surface area (Å²) in [7, 11) is 0. The van der Waals surface area contributed by atoms with Gasteiger partial charge in [0.2, 0.25) is 0 Å². The Morgan fingerprint density at radius 3 is 2.58 bits per heavy atom. The maximum atomic E-state index is 12.3. The second-order valence-electron chi connectivity index (χ2n) is 7.61. The van der Waals surface area contributed by atoms with Crippen molar-refractivity contribution in [1.29, 1.82) is 0 Å². The van der Waals surface area contributed by atoms with E-state index in [2.05, 4.69) is 27.8 Å². The highest BCUT2D eigenvalue weighted by atomic mass is 79.9. The van der Waals surface area contributed by atoms with Crippen LogP contribution < -0.4 is 11.2 Å². The van der Waals surface area contributed by atoms with E-state index in [0.29, 0.717) is 6.42 Å². The lowest BCUT2D eigenvalue weighted by Gasteiger charge is -2.22. The zero-order chi connectivity index (χ0) is 22.8. The summed E-state index contributed by atoms with van der Waals surface area (Å²) in [6, 6.07) is 0. The number of carbonyl (C=O) groups excluding carboxylic acids is 1. The zero-order valence-electron chi connectivity index (χ0n) is 17.7. The monoisotopic (exact) mass is 502 g/mol. The number of hydrogen-bond acceptors (Lipinski definition) is 7. The van der Waals surface area contributed by atoms with Gasteiger partial charge in [0, 0.05) is 12.6 Å². The molecule has 0 aliphatic carbocycles. The summed E-state index contributed by atoms with van der Waals surface area (Å²) < 4.78 is 12.1. The molecule has 2 heterocycles. The number of halogens is 1. The van der Waals surface area contributed by atoms with E-state index in [9.17, 15) is 24.6 Å². The quantitative estimate of drug-likeness (QED) is 0.295. The molecule has 174 valence electrons. The SMILES string of the molecule is CCCCCCCCCC(=O)OC1C(O)C(CO)OC1n1cc(/C=C/Br)c(=O)[nH]c1=O. The van der Waals surface area contributed by atoms with Crippen molar-refractivity contribution < 1.29 is 24.5 Å². The third-order valence-corrected chi connectivity index (χ3v) is 5.52. The number of carbonyl (C=O) groups is 1. The topological polar surface area (TPSA) is 131 Å². The van der Waals surface area contributed by atoms with Crippen LogP contribution in [0.15, 0.2) is 20.8 Å². The lowest BCUT2D eigenvalue weighted by molar-refractivity contribution is -0.159. The molecule has 0 amide bonds. The molecule has 31 heavy (non-hydrogen) atoms. The molecule has 1 aliphatic heterocycles. The fourth-order valence-electron chi connectivity index (χ4n) is 3.53. The first kappa shape index (κ1) is 25.5. The van der Waals surface area contributed by atoms with Gasteiger partial charge in [-0.25, -0.2) is 4.79 Å². The number of rotatable bonds is 12. The predicted octanol–water partition coefficient (Wildman–Crippen LogP) is 2.21. The largest absolute Gasteiger partial charge is 0.455 e. The Morgan fingerprint density at radius 1 is 1.26 bits per heavy atom. The van der Waals surface area contributed by atoms with Crippen molar-refractivity contribution in [3.05, 3.63) is 37.6 Å². The molecule has 1 aliphatic rings. The number of esters is 1. The van der Waals surface area contributed by atoms with E-state index in [1.165, 1.54) is 36.5 Å². The Kier molecular flexibility index (Phi) is 10.7. The highest BCUT2D eigenvalue weighted by Gasteiger charge is 2.47. The molecule has 0 spiro atoms. The molecular formula is C21H31BrN2O7. The Balaban J connectivity index is 2.07. The van der Waals surface area contributed by atoms with Crippen molar-refractivity contribution in [2.45, 2.75) is 82.8 Å². The predicted molar refractivity (Wildman–Crippen MR) is 119 cm³/mol. The number of aromatic nitrogens is 2. The minimum Gasteiger partial charge on any atom is -0.455 e. The second-order valence-corrected chi connectivity index (χ2v) is 8.14. The Labute approximate surface area is 189 Å². The highest BCUT2D eigenvalue weighted by Crippen LogP contribution is 2.31. The first-order chi connectivity index (χ1) is 14.9. The molecular weight excluding hydrogens is 472 g/mol. The van der Waals surface area contributed by atoms with Crippen LogP contribution in [0, 0.1) is 0 Å². The van der Waals surface area contributed by atoms with Crippen molar-refractivity contribution in [3.8, 4) is 0 Å². The number of aromatic amines is 1. The van der Waals surface area contributed by atoms with E-state index in [0.717, 1.165) is 23.8 Å². The average molecular weight is 503 g/mol. The summed E-state index contributed by atoms with van der Waals surface area (Å²) in [5, 5.41) is 19.9. The van der Waals surface area contributed by atoms with Gasteiger partial charge in [-0.05, 0) is 17.5 Å². The van der Waals surface area contributed by atoms with E-state index in [1.807, 2.05) is 0 Å². The van der Waals surface area contributed by atoms with Crippen LogP contribution in [-0.4, -0.2) is 50.7 Å². The van der Waals surface area contributed by atoms with E-state index < -0.39 is 48.4 Å². The molecule has 1 saturated heterocycles. The fourth-order valence-corrected chi connectivity index (χ4v) is 3.82. The van der Waals surface area contributed by atoms with Crippen molar-refractivity contribution in [3.63, 3.8) is 0 Å². The van der Waals surface area contributed by atoms with Gasteiger partial charge in [-0.1, -0.05) is 61.4 Å². The summed E-state index contributed by atoms with van der Waals surface area (Å²) >= 11 is 3.07. The Morgan fingerprint density at radius 2 is 1.94 bits per heavy atom. The summed E-state index contributed by atoms with van der Waals surface area (Å²) in [5.74, 6) is -0.511. The molecule has 0 radical (unpaired) electrons. The van der Waals surface area contributed by atoms with Crippen molar-refractivity contribution in [2.24, 2.45) is 0 Å². The fraction of sp³-hybridized carbons (Fsp3) is 0.667. The number of nitrogens with zero attached hydrogens (tertiary/aromatic N) is 1. The van der Waals surface area contributed by atoms with Crippen LogP contribution in [0.5, 0.6) is 0 Å². The number of aliphatic hydroxyl groups excluding tert-OH is 2. The van der Waals surface area contributed by atoms with Crippen LogP contribution in [0.3, 0.4) is 0 Å². The molecule has 2 rings (SSSR count). The molecule has 9 nitrogen and oxygen atoms in total. The molecule has 1 fully saturated rings. The summed E-state index contributed by atoms with van der Waals surface area (Å²) in [6.45, 7) is 1.64. The average Bonchev–Trinajstić information content (AvgIpc) is 3.04. The summed E-state index contributed by atoms with van der Waals surface area (Å²) in [6.07, 6.45) is 5.50. The number of H-pyrrole nitrogens is 1. The number of ether oxygens (including phenoxy) is 2. The summed E-state index contributed by atoms with van der Waals surface area (Å²) in [4.78, 5) is 40.2. The van der Waals surface area contributed by atoms with Crippen molar-refractivity contribution in [2.75, 3.05) is 6.61 Å². The zero-order valence-corrected chi connectivity index (χ0v) is 19.3. The maximum Gasteiger partial charge on any atom is 0.330 e. The number of hydrogen-bond donors (Lipinski definition) is 3. The van der Waals surface area contributed by atoms with Crippen molar-refractivity contribution in [1.82, 2.24) is 9.55 Å². The number of aliphatic hydroxyl groups is 2. The van der Waals surface area contributed by atoms with Gasteiger partial charge in [0.05, 0.1) is 12.2 Å².